The molecule has 8 heteroatoms. The van der Waals surface area contributed by atoms with Crippen molar-refractivity contribution in [3.8, 4) is 0 Å². The van der Waals surface area contributed by atoms with Gasteiger partial charge in [-0.3, -0.25) is 9.59 Å². The first-order valence-corrected chi connectivity index (χ1v) is 11.1. The van der Waals surface area contributed by atoms with Crippen LogP contribution in [0.4, 0.5) is 0 Å². The van der Waals surface area contributed by atoms with Gasteiger partial charge in [-0.05, 0) is 55.4 Å². The maximum absolute atomic E-state index is 12.6. The van der Waals surface area contributed by atoms with Gasteiger partial charge in [0.25, 0.3) is 0 Å². The third kappa shape index (κ3) is 5.78. The van der Waals surface area contributed by atoms with Gasteiger partial charge in [-0.2, -0.15) is 0 Å². The molecule has 0 N–H and O–H groups in total. The standard InChI is InChI=1S/C24H36O8/c1-13(2)9-11-15(25)27-17-18(28-16(26)12-10-14(3)4)20-22(32-24(7,8)30-20)21-19(17)29-23(5,6)31-21/h9-10,17-22H,11-12H2,1-8H3/t17-,18-,19-,20+,21-,22-/m1/s1. The lowest BCUT2D eigenvalue weighted by Crippen LogP contribution is -2.63. The Morgan fingerprint density at radius 2 is 0.969 bits per heavy atom. The number of hydrogen-bond donors (Lipinski definition) is 0. The van der Waals surface area contributed by atoms with Crippen LogP contribution >= 0.6 is 0 Å². The third-order valence-corrected chi connectivity index (χ3v) is 5.51. The van der Waals surface area contributed by atoms with Crippen molar-refractivity contribution in [3.05, 3.63) is 23.3 Å². The molecule has 0 aromatic rings. The Hall–Kier alpha value is -1.74. The summed E-state index contributed by atoms with van der Waals surface area (Å²) in [6.07, 6.45) is -0.405. The summed E-state index contributed by atoms with van der Waals surface area (Å²) in [4.78, 5) is 25.3. The van der Waals surface area contributed by atoms with Gasteiger partial charge in [0.1, 0.15) is 24.4 Å². The van der Waals surface area contributed by atoms with Crippen LogP contribution in [0.1, 0.15) is 68.2 Å². The van der Waals surface area contributed by atoms with Gasteiger partial charge in [0.15, 0.2) is 23.8 Å². The summed E-state index contributed by atoms with van der Waals surface area (Å²) in [5.41, 5.74) is 2.01. The zero-order valence-corrected chi connectivity index (χ0v) is 20.3. The molecule has 0 aromatic carbocycles. The highest BCUT2D eigenvalue weighted by molar-refractivity contribution is 5.73. The van der Waals surface area contributed by atoms with E-state index in [0.29, 0.717) is 0 Å². The third-order valence-electron chi connectivity index (χ3n) is 5.51. The summed E-state index contributed by atoms with van der Waals surface area (Å²) in [7, 11) is 0. The van der Waals surface area contributed by atoms with Crippen LogP contribution in [0, 0.1) is 0 Å². The van der Waals surface area contributed by atoms with E-state index in [1.54, 1.807) is 39.8 Å². The molecule has 0 unspecified atom stereocenters. The first-order chi connectivity index (χ1) is 14.8. The topological polar surface area (TPSA) is 89.5 Å². The fraction of sp³-hybridized carbons (Fsp3) is 0.750. The fourth-order valence-electron chi connectivity index (χ4n) is 4.27. The predicted octanol–water partition coefficient (Wildman–Crippen LogP) is 3.58. The van der Waals surface area contributed by atoms with E-state index in [4.69, 9.17) is 28.4 Å². The maximum Gasteiger partial charge on any atom is 0.310 e. The molecule has 0 aromatic heterocycles. The molecule has 1 saturated carbocycles. The van der Waals surface area contributed by atoms with Crippen LogP contribution in [0.5, 0.6) is 0 Å². The quantitative estimate of drug-likeness (QED) is 0.446. The Morgan fingerprint density at radius 1 is 0.656 bits per heavy atom. The highest BCUT2D eigenvalue weighted by atomic mass is 16.8. The fourth-order valence-corrected chi connectivity index (χ4v) is 4.27. The van der Waals surface area contributed by atoms with Gasteiger partial charge in [-0.1, -0.05) is 23.3 Å². The summed E-state index contributed by atoms with van der Waals surface area (Å²) in [5.74, 6) is -2.71. The molecule has 180 valence electrons. The lowest BCUT2D eigenvalue weighted by atomic mass is 9.84. The second-order valence-electron chi connectivity index (χ2n) is 10.0. The molecular formula is C24H36O8. The summed E-state index contributed by atoms with van der Waals surface area (Å²) in [5, 5.41) is 0. The highest BCUT2D eigenvalue weighted by Crippen LogP contribution is 2.46. The average molecular weight is 453 g/mol. The van der Waals surface area contributed by atoms with Crippen molar-refractivity contribution in [2.45, 2.75) is 116 Å². The molecule has 6 atom stereocenters. The first-order valence-electron chi connectivity index (χ1n) is 11.1. The minimum absolute atomic E-state index is 0.107. The van der Waals surface area contributed by atoms with Crippen LogP contribution in [-0.2, 0) is 38.0 Å². The number of hydrogen-bond acceptors (Lipinski definition) is 8. The van der Waals surface area contributed by atoms with Crippen molar-refractivity contribution in [2.75, 3.05) is 0 Å². The van der Waals surface area contributed by atoms with E-state index in [1.165, 1.54) is 0 Å². The smallest absolute Gasteiger partial charge is 0.310 e. The Bertz CT molecular complexity index is 722. The van der Waals surface area contributed by atoms with Gasteiger partial charge >= 0.3 is 11.9 Å². The first kappa shape index (κ1) is 24.9. The van der Waals surface area contributed by atoms with Crippen LogP contribution in [0.3, 0.4) is 0 Å². The normalized spacial score (nSPS) is 34.1. The number of carbonyl (C=O) groups excluding carboxylic acids is 2. The number of ether oxygens (including phenoxy) is 6. The number of esters is 2. The van der Waals surface area contributed by atoms with Gasteiger partial charge in [-0.25, -0.2) is 0 Å². The number of rotatable bonds is 6. The maximum atomic E-state index is 12.6. The van der Waals surface area contributed by atoms with E-state index in [1.807, 2.05) is 27.7 Å². The van der Waals surface area contributed by atoms with Gasteiger partial charge in [0, 0.05) is 0 Å². The molecule has 0 bridgehead atoms. The molecule has 2 aliphatic heterocycles. The monoisotopic (exact) mass is 452 g/mol. The zero-order chi connectivity index (χ0) is 23.8. The van der Waals surface area contributed by atoms with Crippen molar-refractivity contribution >= 4 is 11.9 Å². The SMILES string of the molecule is CC(C)=CCC(=O)O[C@@H]1[C@@H](OC(=O)CC=C(C)C)[C@@H]2OC(C)(C)O[C@H]2[C@@H]2OC(C)(C)O[C@H]12. The molecule has 8 nitrogen and oxygen atoms in total. The Kier molecular flexibility index (Phi) is 7.20. The van der Waals surface area contributed by atoms with Crippen molar-refractivity contribution in [3.63, 3.8) is 0 Å². The van der Waals surface area contributed by atoms with E-state index in [0.717, 1.165) is 11.1 Å². The molecule has 2 saturated heterocycles. The molecule has 2 heterocycles. The van der Waals surface area contributed by atoms with Gasteiger partial charge in [0.05, 0.1) is 12.8 Å². The molecule has 3 rings (SSSR count). The lowest BCUT2D eigenvalue weighted by molar-refractivity contribution is -0.210. The van der Waals surface area contributed by atoms with E-state index < -0.39 is 60.1 Å². The lowest BCUT2D eigenvalue weighted by Gasteiger charge is -2.41. The van der Waals surface area contributed by atoms with Crippen molar-refractivity contribution in [1.82, 2.24) is 0 Å². The summed E-state index contributed by atoms with van der Waals surface area (Å²) >= 11 is 0. The number of fused-ring (bicyclic) bond motifs is 3. The van der Waals surface area contributed by atoms with Gasteiger partial charge in [-0.15, -0.1) is 0 Å². The predicted molar refractivity (Wildman–Crippen MR) is 116 cm³/mol. The Balaban J connectivity index is 1.92. The van der Waals surface area contributed by atoms with Crippen molar-refractivity contribution < 1.29 is 38.0 Å². The molecule has 3 fully saturated rings. The minimum atomic E-state index is -0.915. The molecule has 32 heavy (non-hydrogen) atoms. The van der Waals surface area contributed by atoms with Crippen molar-refractivity contribution in [1.29, 1.82) is 0 Å². The van der Waals surface area contributed by atoms with E-state index in [-0.39, 0.29) is 12.8 Å². The second kappa shape index (κ2) is 9.25. The van der Waals surface area contributed by atoms with E-state index in [2.05, 4.69) is 0 Å². The number of carbonyl (C=O) groups is 2. The number of allylic oxidation sites excluding steroid dienone is 2. The summed E-state index contributed by atoms with van der Waals surface area (Å²) in [6.45, 7) is 14.8. The zero-order valence-electron chi connectivity index (χ0n) is 20.3. The van der Waals surface area contributed by atoms with Crippen LogP contribution in [0.15, 0.2) is 23.3 Å². The second-order valence-corrected chi connectivity index (χ2v) is 10.0. The van der Waals surface area contributed by atoms with Crippen molar-refractivity contribution in [2.24, 2.45) is 0 Å². The van der Waals surface area contributed by atoms with Crippen LogP contribution in [0.2, 0.25) is 0 Å². The molecular weight excluding hydrogens is 416 g/mol. The van der Waals surface area contributed by atoms with Gasteiger partial charge < -0.3 is 28.4 Å². The molecule has 3 aliphatic rings. The van der Waals surface area contributed by atoms with Crippen LogP contribution in [0.25, 0.3) is 0 Å². The molecule has 0 radical (unpaired) electrons. The summed E-state index contributed by atoms with van der Waals surface area (Å²) < 4.78 is 36.2. The summed E-state index contributed by atoms with van der Waals surface area (Å²) in [6, 6.07) is 0. The molecule has 1 aliphatic carbocycles. The van der Waals surface area contributed by atoms with Crippen LogP contribution < -0.4 is 0 Å². The van der Waals surface area contributed by atoms with Crippen LogP contribution in [-0.4, -0.2) is 60.1 Å². The Morgan fingerprint density at radius 3 is 1.28 bits per heavy atom. The molecule has 0 spiro atoms. The average Bonchev–Trinajstić information content (AvgIpc) is 3.16. The highest BCUT2D eigenvalue weighted by Gasteiger charge is 2.65. The Labute approximate surface area is 190 Å². The molecule has 0 amide bonds. The van der Waals surface area contributed by atoms with Gasteiger partial charge in [0.2, 0.25) is 0 Å². The minimum Gasteiger partial charge on any atom is -0.455 e. The van der Waals surface area contributed by atoms with E-state index >= 15 is 0 Å². The largest absolute Gasteiger partial charge is 0.455 e. The van der Waals surface area contributed by atoms with E-state index in [9.17, 15) is 9.59 Å².